The van der Waals surface area contributed by atoms with Crippen LogP contribution in [-0.4, -0.2) is 24.1 Å². The molecule has 0 radical (unpaired) electrons. The monoisotopic (exact) mass is 345 g/mol. The summed E-state index contributed by atoms with van der Waals surface area (Å²) >= 11 is 0. The molecule has 0 bridgehead atoms. The molecule has 0 aliphatic carbocycles. The number of hydrogen-bond donors (Lipinski definition) is 0. The van der Waals surface area contributed by atoms with Gasteiger partial charge in [0.1, 0.15) is 6.33 Å². The molecule has 0 saturated carbocycles. The Hall–Kier alpha value is -3.23. The van der Waals surface area contributed by atoms with Crippen LogP contribution in [0, 0.1) is 6.92 Å². The molecule has 0 amide bonds. The summed E-state index contributed by atoms with van der Waals surface area (Å²) in [6.07, 6.45) is -1.75. The topological polar surface area (TPSA) is 65.1 Å². The highest BCUT2D eigenvalue weighted by atomic mass is 19.4. The SMILES string of the molecule is Cc1nc2ncnn2c2ccn(-c3cccc(C(F)(F)F)c3)c(=O)c12. The zero-order valence-corrected chi connectivity index (χ0v) is 12.8. The highest BCUT2D eigenvalue weighted by Gasteiger charge is 2.30. The molecule has 0 fully saturated rings. The van der Waals surface area contributed by atoms with Gasteiger partial charge in [0, 0.05) is 11.9 Å². The van der Waals surface area contributed by atoms with Crippen LogP contribution in [0.1, 0.15) is 11.3 Å². The molecule has 0 saturated heterocycles. The Morgan fingerprint density at radius 3 is 2.72 bits per heavy atom. The van der Waals surface area contributed by atoms with Crippen molar-refractivity contribution in [3.63, 3.8) is 0 Å². The third kappa shape index (κ3) is 2.35. The summed E-state index contributed by atoms with van der Waals surface area (Å²) in [6.45, 7) is 1.65. The lowest BCUT2D eigenvalue weighted by atomic mass is 10.1. The van der Waals surface area contributed by atoms with Crippen LogP contribution in [0.25, 0.3) is 22.4 Å². The number of rotatable bonds is 1. The van der Waals surface area contributed by atoms with E-state index in [1.807, 2.05) is 0 Å². The van der Waals surface area contributed by atoms with Crippen LogP contribution in [0.2, 0.25) is 0 Å². The van der Waals surface area contributed by atoms with Gasteiger partial charge in [0.05, 0.1) is 22.2 Å². The van der Waals surface area contributed by atoms with Gasteiger partial charge in [0.15, 0.2) is 0 Å². The zero-order valence-electron chi connectivity index (χ0n) is 12.8. The fourth-order valence-corrected chi connectivity index (χ4v) is 2.77. The first-order valence-corrected chi connectivity index (χ1v) is 7.25. The van der Waals surface area contributed by atoms with Crippen molar-refractivity contribution in [2.45, 2.75) is 13.1 Å². The molecule has 3 aromatic heterocycles. The molecular formula is C16H10F3N5O. The number of fused-ring (bicyclic) bond motifs is 3. The molecule has 6 nitrogen and oxygen atoms in total. The van der Waals surface area contributed by atoms with Gasteiger partial charge in [0.25, 0.3) is 11.3 Å². The molecule has 1 aromatic carbocycles. The van der Waals surface area contributed by atoms with Gasteiger partial charge in [-0.1, -0.05) is 6.07 Å². The van der Waals surface area contributed by atoms with E-state index in [4.69, 9.17) is 0 Å². The second kappa shape index (κ2) is 5.13. The second-order valence-electron chi connectivity index (χ2n) is 5.47. The van der Waals surface area contributed by atoms with Crippen LogP contribution in [-0.2, 0) is 6.18 Å². The number of nitrogens with zero attached hydrogens (tertiary/aromatic N) is 5. The van der Waals surface area contributed by atoms with Crippen molar-refractivity contribution in [1.29, 1.82) is 0 Å². The Kier molecular flexibility index (Phi) is 3.14. The fraction of sp³-hybridized carbons (Fsp3) is 0.125. The Balaban J connectivity index is 2.01. The Morgan fingerprint density at radius 1 is 1.16 bits per heavy atom. The fourth-order valence-electron chi connectivity index (χ4n) is 2.77. The van der Waals surface area contributed by atoms with Crippen LogP contribution in [0.3, 0.4) is 0 Å². The van der Waals surface area contributed by atoms with Gasteiger partial charge in [-0.3, -0.25) is 9.36 Å². The van der Waals surface area contributed by atoms with Crippen LogP contribution >= 0.6 is 0 Å². The van der Waals surface area contributed by atoms with Crippen molar-refractivity contribution in [2.75, 3.05) is 0 Å². The number of halogens is 3. The maximum Gasteiger partial charge on any atom is 0.416 e. The molecule has 126 valence electrons. The minimum Gasteiger partial charge on any atom is -0.284 e. The lowest BCUT2D eigenvalue weighted by Crippen LogP contribution is -2.20. The molecule has 0 atom stereocenters. The maximum absolute atomic E-state index is 12.9. The minimum atomic E-state index is -4.49. The van der Waals surface area contributed by atoms with Crippen LogP contribution in [0.15, 0.2) is 47.7 Å². The van der Waals surface area contributed by atoms with Crippen molar-refractivity contribution in [1.82, 2.24) is 24.1 Å². The summed E-state index contributed by atoms with van der Waals surface area (Å²) in [7, 11) is 0. The number of benzene rings is 1. The van der Waals surface area contributed by atoms with Crippen molar-refractivity contribution >= 4 is 16.7 Å². The average Bonchev–Trinajstić information content (AvgIpc) is 3.02. The predicted octanol–water partition coefficient (Wildman–Crippen LogP) is 2.76. The number of aromatic nitrogens is 5. The zero-order chi connectivity index (χ0) is 17.8. The molecular weight excluding hydrogens is 335 g/mol. The highest BCUT2D eigenvalue weighted by Crippen LogP contribution is 2.30. The van der Waals surface area contributed by atoms with Gasteiger partial charge >= 0.3 is 6.18 Å². The molecule has 3 heterocycles. The van der Waals surface area contributed by atoms with Crippen LogP contribution in [0.4, 0.5) is 13.2 Å². The summed E-state index contributed by atoms with van der Waals surface area (Å²) in [5, 5.41) is 4.30. The third-order valence-electron chi connectivity index (χ3n) is 3.91. The molecule has 4 aromatic rings. The Morgan fingerprint density at radius 2 is 1.96 bits per heavy atom. The summed E-state index contributed by atoms with van der Waals surface area (Å²) in [6, 6.07) is 6.21. The van der Waals surface area contributed by atoms with E-state index in [0.29, 0.717) is 17.0 Å². The molecule has 0 aliphatic rings. The second-order valence-corrected chi connectivity index (χ2v) is 5.47. The highest BCUT2D eigenvalue weighted by molar-refractivity contribution is 5.82. The average molecular weight is 345 g/mol. The van der Waals surface area contributed by atoms with Crippen molar-refractivity contribution < 1.29 is 13.2 Å². The van der Waals surface area contributed by atoms with Gasteiger partial charge in [0.2, 0.25) is 0 Å². The molecule has 4 rings (SSSR count). The molecule has 25 heavy (non-hydrogen) atoms. The van der Waals surface area contributed by atoms with Crippen molar-refractivity contribution in [3.8, 4) is 5.69 Å². The molecule has 9 heteroatoms. The van der Waals surface area contributed by atoms with E-state index in [1.165, 1.54) is 29.2 Å². The molecule has 0 unspecified atom stereocenters. The van der Waals surface area contributed by atoms with Crippen LogP contribution < -0.4 is 5.56 Å². The first-order chi connectivity index (χ1) is 11.9. The number of hydrogen-bond acceptors (Lipinski definition) is 4. The summed E-state index contributed by atoms with van der Waals surface area (Å²) < 4.78 is 41.4. The Bertz CT molecular complexity index is 1180. The standard InChI is InChI=1S/C16H10F3N5O/c1-9-13-12(24-15(22-9)20-8-21-24)5-6-23(14(13)25)11-4-2-3-10(7-11)16(17,18)19/h2-8H,1H3. The van der Waals surface area contributed by atoms with Gasteiger partial charge in [-0.25, -0.2) is 4.98 Å². The van der Waals surface area contributed by atoms with E-state index in [0.717, 1.165) is 16.7 Å². The first-order valence-electron chi connectivity index (χ1n) is 7.25. The number of alkyl halides is 3. The van der Waals surface area contributed by atoms with E-state index in [9.17, 15) is 18.0 Å². The number of aryl methyl sites for hydroxylation is 1. The quantitative estimate of drug-likeness (QED) is 0.532. The van der Waals surface area contributed by atoms with Crippen molar-refractivity contribution in [3.05, 3.63) is 64.5 Å². The predicted molar refractivity (Wildman–Crippen MR) is 83.6 cm³/mol. The van der Waals surface area contributed by atoms with Gasteiger partial charge in [-0.05, 0) is 31.2 Å². The van der Waals surface area contributed by atoms with Gasteiger partial charge < -0.3 is 0 Å². The summed E-state index contributed by atoms with van der Waals surface area (Å²) in [5.41, 5.74) is -0.243. The van der Waals surface area contributed by atoms with E-state index < -0.39 is 17.3 Å². The maximum atomic E-state index is 12.9. The Labute approximate surface area is 138 Å². The van der Waals surface area contributed by atoms with Crippen LogP contribution in [0.5, 0.6) is 0 Å². The number of pyridine rings is 1. The summed E-state index contributed by atoms with van der Waals surface area (Å²) in [4.78, 5) is 21.1. The van der Waals surface area contributed by atoms with E-state index in [2.05, 4.69) is 15.1 Å². The van der Waals surface area contributed by atoms with Gasteiger partial charge in [-0.15, -0.1) is 0 Å². The van der Waals surface area contributed by atoms with Gasteiger partial charge in [-0.2, -0.15) is 27.8 Å². The third-order valence-corrected chi connectivity index (χ3v) is 3.91. The largest absolute Gasteiger partial charge is 0.416 e. The van der Waals surface area contributed by atoms with E-state index in [1.54, 1.807) is 13.0 Å². The first kappa shape index (κ1) is 15.3. The molecule has 0 N–H and O–H groups in total. The smallest absolute Gasteiger partial charge is 0.284 e. The normalized spacial score (nSPS) is 12.2. The molecule has 0 aliphatic heterocycles. The lowest BCUT2D eigenvalue weighted by Gasteiger charge is -2.12. The molecule has 0 spiro atoms. The minimum absolute atomic E-state index is 0.125. The van der Waals surface area contributed by atoms with Crippen molar-refractivity contribution in [2.24, 2.45) is 0 Å². The van der Waals surface area contributed by atoms with E-state index in [-0.39, 0.29) is 11.1 Å². The summed E-state index contributed by atoms with van der Waals surface area (Å²) in [5.74, 6) is 0.348. The lowest BCUT2D eigenvalue weighted by molar-refractivity contribution is -0.137. The van der Waals surface area contributed by atoms with E-state index >= 15 is 0 Å².